The van der Waals surface area contributed by atoms with Crippen LogP contribution < -0.4 is 10.5 Å². The monoisotopic (exact) mass is 344 g/mol. The highest BCUT2D eigenvalue weighted by molar-refractivity contribution is 5.96. The van der Waals surface area contributed by atoms with Crippen LogP contribution in [0.5, 0.6) is 5.75 Å². The van der Waals surface area contributed by atoms with Gasteiger partial charge in [0.2, 0.25) is 0 Å². The quantitative estimate of drug-likeness (QED) is 0.281. The number of nitro groups is 1. The molecule has 0 bridgehead atoms. The van der Waals surface area contributed by atoms with Gasteiger partial charge >= 0.3 is 5.97 Å². The van der Waals surface area contributed by atoms with Crippen LogP contribution >= 0.6 is 0 Å². The van der Waals surface area contributed by atoms with E-state index >= 15 is 0 Å². The van der Waals surface area contributed by atoms with Gasteiger partial charge in [0.1, 0.15) is 12.4 Å². The summed E-state index contributed by atoms with van der Waals surface area (Å²) in [6, 6.07) is 8.29. The Morgan fingerprint density at radius 1 is 1.20 bits per heavy atom. The molecule has 0 radical (unpaired) electrons. The van der Waals surface area contributed by atoms with Gasteiger partial charge in [-0.3, -0.25) is 14.9 Å². The summed E-state index contributed by atoms with van der Waals surface area (Å²) in [5.41, 5.74) is 6.33. The SMILES string of the molecule is COc1ccc(C(C)=O)cc1COC(=O)c1cc([N+](=O)[O-])ccc1N. The van der Waals surface area contributed by atoms with Gasteiger partial charge in [0.25, 0.3) is 5.69 Å². The molecular weight excluding hydrogens is 328 g/mol. The zero-order valence-corrected chi connectivity index (χ0v) is 13.6. The summed E-state index contributed by atoms with van der Waals surface area (Å²) in [7, 11) is 1.45. The number of benzene rings is 2. The minimum absolute atomic E-state index is 0.0695. The van der Waals surface area contributed by atoms with Gasteiger partial charge in [-0.05, 0) is 31.2 Å². The Morgan fingerprint density at radius 2 is 1.92 bits per heavy atom. The Labute approximate surface area is 143 Å². The first kappa shape index (κ1) is 17.9. The molecule has 130 valence electrons. The molecule has 0 spiro atoms. The number of Topliss-reactive ketones (excluding diaryl/α,β-unsaturated/α-hetero) is 1. The van der Waals surface area contributed by atoms with Crippen LogP contribution in [0.4, 0.5) is 11.4 Å². The van der Waals surface area contributed by atoms with E-state index in [1.54, 1.807) is 18.2 Å². The Bertz CT molecular complexity index is 847. The van der Waals surface area contributed by atoms with Crippen LogP contribution in [-0.4, -0.2) is 23.8 Å². The molecular formula is C17H16N2O6. The predicted molar refractivity (Wildman–Crippen MR) is 89.6 cm³/mol. The summed E-state index contributed by atoms with van der Waals surface area (Å²) in [6.07, 6.45) is 0. The van der Waals surface area contributed by atoms with Crippen LogP contribution in [0.1, 0.15) is 33.2 Å². The molecule has 0 aliphatic carbocycles. The van der Waals surface area contributed by atoms with Crippen molar-refractivity contribution in [2.45, 2.75) is 13.5 Å². The second kappa shape index (κ2) is 7.43. The average Bonchev–Trinajstić information content (AvgIpc) is 2.59. The summed E-state index contributed by atoms with van der Waals surface area (Å²) >= 11 is 0. The van der Waals surface area contributed by atoms with Gasteiger partial charge in [0.05, 0.1) is 17.6 Å². The summed E-state index contributed by atoms with van der Waals surface area (Å²) in [5, 5.41) is 10.8. The van der Waals surface area contributed by atoms with E-state index in [4.69, 9.17) is 15.2 Å². The third-order valence-corrected chi connectivity index (χ3v) is 3.51. The summed E-state index contributed by atoms with van der Waals surface area (Å²) in [4.78, 5) is 33.9. The highest BCUT2D eigenvalue weighted by atomic mass is 16.6. The molecule has 0 aliphatic heterocycles. The third-order valence-electron chi connectivity index (χ3n) is 3.51. The summed E-state index contributed by atoms with van der Waals surface area (Å²) in [6.45, 7) is 1.24. The van der Waals surface area contributed by atoms with E-state index in [1.165, 1.54) is 26.2 Å². The van der Waals surface area contributed by atoms with E-state index in [0.29, 0.717) is 16.9 Å². The van der Waals surface area contributed by atoms with E-state index in [9.17, 15) is 19.7 Å². The molecule has 0 unspecified atom stereocenters. The molecule has 2 aromatic rings. The van der Waals surface area contributed by atoms with Gasteiger partial charge in [-0.15, -0.1) is 0 Å². The molecule has 0 saturated heterocycles. The van der Waals surface area contributed by atoms with Gasteiger partial charge in [-0.2, -0.15) is 0 Å². The van der Waals surface area contributed by atoms with Crippen molar-refractivity contribution in [3.63, 3.8) is 0 Å². The van der Waals surface area contributed by atoms with E-state index in [1.807, 2.05) is 0 Å². The zero-order valence-electron chi connectivity index (χ0n) is 13.6. The van der Waals surface area contributed by atoms with Crippen LogP contribution in [-0.2, 0) is 11.3 Å². The molecule has 0 fully saturated rings. The highest BCUT2D eigenvalue weighted by Crippen LogP contribution is 2.24. The minimum Gasteiger partial charge on any atom is -0.496 e. The lowest BCUT2D eigenvalue weighted by Gasteiger charge is -2.11. The maximum Gasteiger partial charge on any atom is 0.340 e. The van der Waals surface area contributed by atoms with Gasteiger partial charge in [0, 0.05) is 28.9 Å². The van der Waals surface area contributed by atoms with Crippen molar-refractivity contribution in [3.8, 4) is 5.75 Å². The van der Waals surface area contributed by atoms with Gasteiger partial charge in [-0.25, -0.2) is 4.79 Å². The normalized spacial score (nSPS) is 10.2. The van der Waals surface area contributed by atoms with E-state index in [-0.39, 0.29) is 29.3 Å². The number of carbonyl (C=O) groups excluding carboxylic acids is 2. The first-order valence-electron chi connectivity index (χ1n) is 7.22. The standard InChI is InChI=1S/C17H16N2O6/c1-10(20)11-3-6-16(24-2)12(7-11)9-25-17(21)14-8-13(19(22)23)4-5-15(14)18/h3-8H,9,18H2,1-2H3. The molecule has 2 N–H and O–H groups in total. The molecule has 0 aromatic heterocycles. The van der Waals surface area contributed by atoms with Crippen LogP contribution in [0.25, 0.3) is 0 Å². The number of esters is 1. The maximum absolute atomic E-state index is 12.2. The molecule has 8 heteroatoms. The highest BCUT2D eigenvalue weighted by Gasteiger charge is 2.17. The Kier molecular flexibility index (Phi) is 5.33. The minimum atomic E-state index is -0.809. The van der Waals surface area contributed by atoms with Crippen molar-refractivity contribution >= 4 is 23.1 Å². The van der Waals surface area contributed by atoms with Gasteiger partial charge in [-0.1, -0.05) is 0 Å². The summed E-state index contributed by atoms with van der Waals surface area (Å²) in [5.74, 6) is -0.501. The number of methoxy groups -OCH3 is 1. The summed E-state index contributed by atoms with van der Waals surface area (Å²) < 4.78 is 10.3. The number of hydrogen-bond donors (Lipinski definition) is 1. The molecule has 2 aromatic carbocycles. The fourth-order valence-electron chi connectivity index (χ4n) is 2.17. The number of rotatable bonds is 6. The first-order valence-corrected chi connectivity index (χ1v) is 7.22. The smallest absolute Gasteiger partial charge is 0.340 e. The molecule has 0 atom stereocenters. The van der Waals surface area contributed by atoms with Crippen LogP contribution in [0.15, 0.2) is 36.4 Å². The number of hydrogen-bond acceptors (Lipinski definition) is 7. The number of anilines is 1. The molecule has 0 amide bonds. The maximum atomic E-state index is 12.2. The second-order valence-corrected chi connectivity index (χ2v) is 5.19. The lowest BCUT2D eigenvalue weighted by atomic mass is 10.1. The number of nitrogens with two attached hydrogens (primary N) is 1. The number of non-ortho nitro benzene ring substituents is 1. The Morgan fingerprint density at radius 3 is 2.52 bits per heavy atom. The Balaban J connectivity index is 2.23. The fraction of sp³-hybridized carbons (Fsp3) is 0.176. The molecule has 8 nitrogen and oxygen atoms in total. The van der Waals surface area contributed by atoms with E-state index < -0.39 is 10.9 Å². The van der Waals surface area contributed by atoms with Crippen LogP contribution in [0.2, 0.25) is 0 Å². The average molecular weight is 344 g/mol. The number of nitrogen functional groups attached to an aromatic ring is 1. The van der Waals surface area contributed by atoms with Crippen molar-refractivity contribution in [3.05, 3.63) is 63.2 Å². The first-order chi connectivity index (χ1) is 11.8. The van der Waals surface area contributed by atoms with Crippen molar-refractivity contribution in [1.29, 1.82) is 0 Å². The molecule has 0 heterocycles. The van der Waals surface area contributed by atoms with E-state index in [2.05, 4.69) is 0 Å². The lowest BCUT2D eigenvalue weighted by Crippen LogP contribution is -2.10. The van der Waals surface area contributed by atoms with E-state index in [0.717, 1.165) is 6.07 Å². The second-order valence-electron chi connectivity index (χ2n) is 5.19. The molecule has 0 saturated carbocycles. The Hall–Kier alpha value is -3.42. The van der Waals surface area contributed by atoms with Crippen molar-refractivity contribution in [2.24, 2.45) is 0 Å². The van der Waals surface area contributed by atoms with Crippen molar-refractivity contribution in [2.75, 3.05) is 12.8 Å². The number of ketones is 1. The van der Waals surface area contributed by atoms with Gasteiger partial charge in [0.15, 0.2) is 5.78 Å². The number of carbonyl (C=O) groups is 2. The lowest BCUT2D eigenvalue weighted by molar-refractivity contribution is -0.384. The number of ether oxygens (including phenoxy) is 2. The fourth-order valence-corrected chi connectivity index (χ4v) is 2.17. The zero-order chi connectivity index (χ0) is 18.6. The van der Waals surface area contributed by atoms with Crippen molar-refractivity contribution < 1.29 is 24.0 Å². The molecule has 2 rings (SSSR count). The number of nitrogens with zero attached hydrogens (tertiary/aromatic N) is 1. The van der Waals surface area contributed by atoms with Crippen molar-refractivity contribution in [1.82, 2.24) is 0 Å². The number of nitro benzene ring substituents is 1. The third kappa shape index (κ3) is 4.11. The predicted octanol–water partition coefficient (Wildman–Crippen LogP) is 2.75. The van der Waals surface area contributed by atoms with Crippen LogP contribution in [0.3, 0.4) is 0 Å². The molecule has 25 heavy (non-hydrogen) atoms. The van der Waals surface area contributed by atoms with Gasteiger partial charge < -0.3 is 15.2 Å². The van der Waals surface area contributed by atoms with Crippen LogP contribution in [0, 0.1) is 10.1 Å². The topological polar surface area (TPSA) is 122 Å². The largest absolute Gasteiger partial charge is 0.496 e. The molecule has 0 aliphatic rings.